The van der Waals surface area contributed by atoms with E-state index in [4.69, 9.17) is 4.74 Å². The van der Waals surface area contributed by atoms with E-state index in [9.17, 15) is 0 Å². The fourth-order valence-corrected chi connectivity index (χ4v) is 8.46. The summed E-state index contributed by atoms with van der Waals surface area (Å²) in [7, 11) is 0. The molecule has 1 heterocycles. The maximum Gasteiger partial charge on any atom is 0.150 e. The molecule has 2 nitrogen and oxygen atoms in total. The van der Waals surface area contributed by atoms with Gasteiger partial charge in [-0.25, -0.2) is 0 Å². The van der Waals surface area contributed by atoms with Crippen molar-refractivity contribution in [2.75, 3.05) is 0 Å². The van der Waals surface area contributed by atoms with E-state index in [0.717, 1.165) is 41.3 Å². The lowest BCUT2D eigenvalue weighted by molar-refractivity contribution is -0.130. The van der Waals surface area contributed by atoms with Crippen LogP contribution in [0, 0.1) is 40.9 Å². The van der Waals surface area contributed by atoms with Gasteiger partial charge in [0.05, 0.1) is 0 Å². The largest absolute Gasteiger partial charge is 0.475 e. The average molecular weight is 382 g/mol. The highest BCUT2D eigenvalue weighted by Gasteiger charge is 2.61. The molecule has 9 atom stereocenters. The first-order valence-corrected chi connectivity index (χ1v) is 11.9. The van der Waals surface area contributed by atoms with Crippen molar-refractivity contribution in [2.45, 2.75) is 84.4 Å². The quantitative estimate of drug-likeness (QED) is 0.652. The topological polar surface area (TPSA) is 21.3 Å². The molecule has 28 heavy (non-hydrogen) atoms. The molecule has 2 heteroatoms. The fraction of sp³-hybridized carbons (Fsp3) is 0.769. The van der Waals surface area contributed by atoms with Gasteiger partial charge >= 0.3 is 0 Å². The molecule has 4 fully saturated rings. The first kappa shape index (κ1) is 19.0. The van der Waals surface area contributed by atoms with Gasteiger partial charge in [-0.1, -0.05) is 51.8 Å². The van der Waals surface area contributed by atoms with E-state index in [1.807, 2.05) is 0 Å². The van der Waals surface area contributed by atoms with Gasteiger partial charge in [-0.15, -0.1) is 0 Å². The second kappa shape index (κ2) is 6.76. The third-order valence-electron chi connectivity index (χ3n) is 9.74. The Balaban J connectivity index is 1.40. The van der Waals surface area contributed by atoms with E-state index in [-0.39, 0.29) is 11.8 Å². The predicted molar refractivity (Wildman–Crippen MR) is 115 cm³/mol. The molecule has 0 aromatic heterocycles. The van der Waals surface area contributed by atoms with Gasteiger partial charge in [0.2, 0.25) is 0 Å². The zero-order valence-electron chi connectivity index (χ0n) is 18.3. The molecule has 5 rings (SSSR count). The van der Waals surface area contributed by atoms with Crippen molar-refractivity contribution in [1.82, 2.24) is 5.32 Å². The third kappa shape index (κ3) is 2.85. The van der Waals surface area contributed by atoms with Gasteiger partial charge in [0.1, 0.15) is 5.75 Å². The van der Waals surface area contributed by atoms with Crippen LogP contribution >= 0.6 is 0 Å². The van der Waals surface area contributed by atoms with Gasteiger partial charge in [-0.3, -0.25) is 5.32 Å². The van der Waals surface area contributed by atoms with Crippen molar-refractivity contribution in [3.05, 3.63) is 30.3 Å². The van der Waals surface area contributed by atoms with E-state index < -0.39 is 0 Å². The molecule has 0 bridgehead atoms. The Morgan fingerprint density at radius 2 is 1.68 bits per heavy atom. The summed E-state index contributed by atoms with van der Waals surface area (Å²) in [4.78, 5) is 0. The second-order valence-corrected chi connectivity index (χ2v) is 11.2. The first-order valence-electron chi connectivity index (χ1n) is 11.9. The number of ether oxygens (including phenoxy) is 1. The number of rotatable bonds is 2. The summed E-state index contributed by atoms with van der Waals surface area (Å²) in [6.45, 7) is 10.3. The van der Waals surface area contributed by atoms with Gasteiger partial charge in [0.15, 0.2) is 6.23 Å². The smallest absolute Gasteiger partial charge is 0.150 e. The highest BCUT2D eigenvalue weighted by molar-refractivity contribution is 5.22. The van der Waals surface area contributed by atoms with Crippen LogP contribution in [0.25, 0.3) is 0 Å². The third-order valence-corrected chi connectivity index (χ3v) is 9.74. The van der Waals surface area contributed by atoms with Crippen LogP contribution in [0.1, 0.15) is 72.6 Å². The molecule has 4 aliphatic rings. The van der Waals surface area contributed by atoms with E-state index in [1.165, 1.54) is 44.9 Å². The Morgan fingerprint density at radius 1 is 0.893 bits per heavy atom. The van der Waals surface area contributed by atoms with E-state index in [0.29, 0.717) is 5.41 Å². The van der Waals surface area contributed by atoms with Gasteiger partial charge in [0, 0.05) is 12.0 Å². The van der Waals surface area contributed by atoms with Crippen LogP contribution < -0.4 is 10.1 Å². The number of para-hydroxylation sites is 1. The van der Waals surface area contributed by atoms with Crippen molar-refractivity contribution >= 4 is 0 Å². The zero-order chi connectivity index (χ0) is 19.5. The maximum absolute atomic E-state index is 6.39. The fourth-order valence-electron chi connectivity index (χ4n) is 8.46. The molecule has 1 N–H and O–H groups in total. The van der Waals surface area contributed by atoms with Gasteiger partial charge in [-0.2, -0.15) is 0 Å². The molecule has 1 saturated heterocycles. The van der Waals surface area contributed by atoms with E-state index in [1.54, 1.807) is 0 Å². The van der Waals surface area contributed by atoms with Crippen LogP contribution in [0.5, 0.6) is 5.75 Å². The second-order valence-electron chi connectivity index (χ2n) is 11.2. The SMILES string of the molecule is CC1CCC[C@@]2(C)C1CC(C)[C@@H]1[C@H]2CC[C@]2(C)NC(Oc3ccccc3)C[C@@H]12. The summed E-state index contributed by atoms with van der Waals surface area (Å²) in [5.41, 5.74) is 0.826. The molecule has 1 aromatic rings. The van der Waals surface area contributed by atoms with Crippen LogP contribution in [-0.2, 0) is 0 Å². The number of nitrogens with one attached hydrogen (secondary N) is 1. The van der Waals surface area contributed by atoms with Crippen molar-refractivity contribution < 1.29 is 4.74 Å². The van der Waals surface area contributed by atoms with E-state index >= 15 is 0 Å². The predicted octanol–water partition coefficient (Wildman–Crippen LogP) is 6.27. The standard InChI is InChI=1S/C26H39NO/c1-17-9-8-13-25(3)20-12-14-26(4)22(24(20)18(2)15-21(17)25)16-23(27-26)28-19-10-6-5-7-11-19/h5-7,10-11,17-18,20-24,27H,8-9,12-16H2,1-4H3/t17?,18?,20-,21?,22+,23?,24-,25-,26+/m1/s1. The molecule has 0 spiro atoms. The molecule has 0 amide bonds. The summed E-state index contributed by atoms with van der Waals surface area (Å²) in [5, 5.41) is 3.94. The van der Waals surface area contributed by atoms with Crippen molar-refractivity contribution in [3.8, 4) is 5.75 Å². The molecule has 154 valence electrons. The summed E-state index contributed by atoms with van der Waals surface area (Å²) >= 11 is 0. The molecule has 1 aliphatic heterocycles. The zero-order valence-corrected chi connectivity index (χ0v) is 18.3. The lowest BCUT2D eigenvalue weighted by atomic mass is 9.43. The lowest BCUT2D eigenvalue weighted by Gasteiger charge is -2.63. The number of fused-ring (bicyclic) bond motifs is 5. The Morgan fingerprint density at radius 3 is 2.46 bits per heavy atom. The Bertz CT molecular complexity index is 704. The average Bonchev–Trinajstić information content (AvgIpc) is 3.00. The molecule has 4 unspecified atom stereocenters. The molecule has 3 saturated carbocycles. The molecule has 3 aliphatic carbocycles. The molecule has 0 radical (unpaired) electrons. The van der Waals surface area contributed by atoms with Gasteiger partial charge in [0.25, 0.3) is 0 Å². The van der Waals surface area contributed by atoms with Crippen molar-refractivity contribution in [3.63, 3.8) is 0 Å². The Hall–Kier alpha value is -1.02. The van der Waals surface area contributed by atoms with Crippen LogP contribution in [0.15, 0.2) is 30.3 Å². The first-order chi connectivity index (χ1) is 13.4. The summed E-state index contributed by atoms with van der Waals surface area (Å²) in [6.07, 6.45) is 9.90. The minimum atomic E-state index is 0.166. The number of hydrogen-bond acceptors (Lipinski definition) is 2. The highest BCUT2D eigenvalue weighted by atomic mass is 16.5. The van der Waals surface area contributed by atoms with Crippen LogP contribution in [-0.4, -0.2) is 11.8 Å². The van der Waals surface area contributed by atoms with Crippen LogP contribution in [0.2, 0.25) is 0 Å². The van der Waals surface area contributed by atoms with E-state index in [2.05, 4.69) is 63.3 Å². The Kier molecular flexibility index (Phi) is 4.58. The normalized spacial score (nSPS) is 50.4. The molecular formula is C26H39NO. The molecular weight excluding hydrogens is 342 g/mol. The maximum atomic E-state index is 6.39. The lowest BCUT2D eigenvalue weighted by Crippen LogP contribution is -2.59. The van der Waals surface area contributed by atoms with Gasteiger partial charge in [-0.05, 0) is 85.7 Å². The van der Waals surface area contributed by atoms with Gasteiger partial charge < -0.3 is 4.74 Å². The van der Waals surface area contributed by atoms with Crippen molar-refractivity contribution in [2.24, 2.45) is 40.9 Å². The minimum Gasteiger partial charge on any atom is -0.475 e. The minimum absolute atomic E-state index is 0.166. The van der Waals surface area contributed by atoms with Crippen LogP contribution in [0.3, 0.4) is 0 Å². The highest BCUT2D eigenvalue weighted by Crippen LogP contribution is 2.65. The summed E-state index contributed by atoms with van der Waals surface area (Å²) in [6, 6.07) is 10.4. The number of benzene rings is 1. The molecule has 1 aromatic carbocycles. The number of hydrogen-bond donors (Lipinski definition) is 1. The summed E-state index contributed by atoms with van der Waals surface area (Å²) in [5.74, 6) is 6.26. The summed E-state index contributed by atoms with van der Waals surface area (Å²) < 4.78 is 6.39. The Labute approximate surface area is 171 Å². The monoisotopic (exact) mass is 381 g/mol. The van der Waals surface area contributed by atoms with Crippen LogP contribution in [0.4, 0.5) is 0 Å². The van der Waals surface area contributed by atoms with Crippen molar-refractivity contribution in [1.29, 1.82) is 0 Å².